The summed E-state index contributed by atoms with van der Waals surface area (Å²) in [5.41, 5.74) is 1.44. The number of hydrogen-bond donors (Lipinski definition) is 0. The normalized spacial score (nSPS) is 12.5. The third kappa shape index (κ3) is 6.80. The van der Waals surface area contributed by atoms with Gasteiger partial charge in [-0.05, 0) is 51.5 Å². The maximum absolute atomic E-state index is 13.1. The average molecular weight is 530 g/mol. The maximum atomic E-state index is 13.1. The number of amides is 1. The Morgan fingerprint density at radius 2 is 1.62 bits per heavy atom. The zero-order valence-electron chi connectivity index (χ0n) is 20.6. The molecule has 2 rings (SSSR count). The van der Waals surface area contributed by atoms with Gasteiger partial charge in [0, 0.05) is 48.9 Å². The van der Waals surface area contributed by atoms with Crippen LogP contribution in [0.5, 0.6) is 5.75 Å². The first-order valence-corrected chi connectivity index (χ1v) is 13.7. The highest BCUT2D eigenvalue weighted by atomic mass is 35.5. The molecule has 0 bridgehead atoms. The Kier molecular flexibility index (Phi) is 10.1. The minimum atomic E-state index is -4.19. The van der Waals surface area contributed by atoms with Crippen molar-refractivity contribution in [3.63, 3.8) is 0 Å². The van der Waals surface area contributed by atoms with Crippen molar-refractivity contribution >= 4 is 44.9 Å². The van der Waals surface area contributed by atoms with Gasteiger partial charge < -0.3 is 14.0 Å². The number of hydrogen-bond acceptors (Lipinski definition) is 5. The number of carbonyl (C=O) groups is 1. The zero-order valence-corrected chi connectivity index (χ0v) is 23.0. The quantitative estimate of drug-likeness (QED) is 0.316. The molecule has 2 aromatic carbocycles. The first-order valence-electron chi connectivity index (χ1n) is 11.5. The van der Waals surface area contributed by atoms with Crippen LogP contribution in [0.1, 0.15) is 53.5 Å². The van der Waals surface area contributed by atoms with E-state index < -0.39 is 10.1 Å². The Morgan fingerprint density at radius 1 is 0.971 bits per heavy atom. The van der Waals surface area contributed by atoms with Crippen molar-refractivity contribution in [2.75, 3.05) is 18.0 Å². The molecule has 0 heterocycles. The fourth-order valence-corrected chi connectivity index (χ4v) is 4.87. The lowest BCUT2D eigenvalue weighted by Gasteiger charge is -2.31. The Labute approximate surface area is 213 Å². The molecular formula is C25H34Cl2N2O4S. The second-order valence-electron chi connectivity index (χ2n) is 8.46. The molecule has 1 atom stereocenters. The topological polar surface area (TPSA) is 66.9 Å². The maximum Gasteiger partial charge on any atom is 0.339 e. The van der Waals surface area contributed by atoms with Crippen LogP contribution < -0.4 is 9.08 Å². The van der Waals surface area contributed by atoms with E-state index >= 15 is 0 Å². The van der Waals surface area contributed by atoms with Gasteiger partial charge in [0.05, 0.1) is 10.0 Å². The molecule has 0 aliphatic rings. The standard InChI is InChI=1S/C25H34Cl2N2O4S/c1-7-18(6)29(25(30)17(4)5)16-19-10-11-20(28(8-2)9-3)14-24(19)33-34(31,32)21-12-13-22(26)23(27)15-21/h10-15,17-18H,7-9,16H2,1-6H3/t18-/m0/s1. The summed E-state index contributed by atoms with van der Waals surface area (Å²) in [5.74, 6) is -0.00551. The number of carbonyl (C=O) groups excluding carboxylic acids is 1. The van der Waals surface area contributed by atoms with Crippen molar-refractivity contribution in [2.24, 2.45) is 5.92 Å². The molecule has 0 unspecified atom stereocenters. The third-order valence-corrected chi connectivity index (χ3v) is 7.77. The van der Waals surface area contributed by atoms with E-state index in [1.807, 2.05) is 53.7 Å². The zero-order chi connectivity index (χ0) is 25.6. The van der Waals surface area contributed by atoms with Gasteiger partial charge in [0.15, 0.2) is 0 Å². The predicted octanol–water partition coefficient (Wildman–Crippen LogP) is 6.39. The monoisotopic (exact) mass is 528 g/mol. The molecule has 0 N–H and O–H groups in total. The SMILES string of the molecule is CC[C@H](C)N(Cc1ccc(N(CC)CC)cc1OS(=O)(=O)c1ccc(Cl)c(Cl)c1)C(=O)C(C)C. The van der Waals surface area contributed by atoms with Gasteiger partial charge in [-0.25, -0.2) is 0 Å². The van der Waals surface area contributed by atoms with Gasteiger partial charge in [-0.1, -0.05) is 50.0 Å². The van der Waals surface area contributed by atoms with Gasteiger partial charge >= 0.3 is 10.1 Å². The summed E-state index contributed by atoms with van der Waals surface area (Å²) < 4.78 is 31.9. The van der Waals surface area contributed by atoms with Crippen LogP contribution in [0.25, 0.3) is 0 Å². The number of benzene rings is 2. The second-order valence-corrected chi connectivity index (χ2v) is 10.8. The summed E-state index contributed by atoms with van der Waals surface area (Å²) in [5, 5.41) is 0.371. The van der Waals surface area contributed by atoms with Crippen LogP contribution in [0.15, 0.2) is 41.3 Å². The van der Waals surface area contributed by atoms with Gasteiger partial charge in [0.25, 0.3) is 0 Å². The van der Waals surface area contributed by atoms with Crippen LogP contribution in [0, 0.1) is 5.92 Å². The number of rotatable bonds is 11. The molecule has 0 saturated heterocycles. The molecule has 188 valence electrons. The fourth-order valence-electron chi connectivity index (χ4n) is 3.52. The Morgan fingerprint density at radius 3 is 2.15 bits per heavy atom. The highest BCUT2D eigenvalue weighted by Gasteiger charge is 2.26. The van der Waals surface area contributed by atoms with Crippen LogP contribution in [-0.4, -0.2) is 38.4 Å². The predicted molar refractivity (Wildman–Crippen MR) is 139 cm³/mol. The van der Waals surface area contributed by atoms with Gasteiger partial charge in [-0.15, -0.1) is 0 Å². The van der Waals surface area contributed by atoms with E-state index in [1.54, 1.807) is 11.0 Å². The Hall–Kier alpha value is -1.96. The number of anilines is 1. The molecule has 0 aliphatic heterocycles. The highest BCUT2D eigenvalue weighted by molar-refractivity contribution is 7.87. The van der Waals surface area contributed by atoms with E-state index in [9.17, 15) is 13.2 Å². The molecule has 9 heteroatoms. The highest BCUT2D eigenvalue weighted by Crippen LogP contribution is 2.32. The summed E-state index contributed by atoms with van der Waals surface area (Å²) in [4.78, 5) is 16.7. The largest absolute Gasteiger partial charge is 0.379 e. The van der Waals surface area contributed by atoms with Gasteiger partial charge in [-0.2, -0.15) is 8.42 Å². The molecule has 0 fully saturated rings. The summed E-state index contributed by atoms with van der Waals surface area (Å²) in [6.07, 6.45) is 0.772. The van der Waals surface area contributed by atoms with E-state index in [2.05, 4.69) is 4.90 Å². The van der Waals surface area contributed by atoms with Crippen molar-refractivity contribution in [1.29, 1.82) is 0 Å². The third-order valence-electron chi connectivity index (χ3n) is 5.80. The average Bonchev–Trinajstić information content (AvgIpc) is 2.79. The van der Waals surface area contributed by atoms with Crippen molar-refractivity contribution in [2.45, 2.75) is 65.4 Å². The summed E-state index contributed by atoms with van der Waals surface area (Å²) in [7, 11) is -4.19. The molecule has 34 heavy (non-hydrogen) atoms. The van der Waals surface area contributed by atoms with Gasteiger partial charge in [-0.3, -0.25) is 4.79 Å². The molecule has 0 spiro atoms. The molecular weight excluding hydrogens is 495 g/mol. The first kappa shape index (κ1) is 28.3. The lowest BCUT2D eigenvalue weighted by atomic mass is 10.1. The van der Waals surface area contributed by atoms with Crippen molar-refractivity contribution in [3.05, 3.63) is 52.0 Å². The summed E-state index contributed by atoms with van der Waals surface area (Å²) >= 11 is 12.0. The minimum Gasteiger partial charge on any atom is -0.379 e. The Bertz CT molecular complexity index is 1100. The number of nitrogens with zero attached hydrogens (tertiary/aromatic N) is 2. The number of halogens is 2. The van der Waals surface area contributed by atoms with Crippen LogP contribution in [0.4, 0.5) is 5.69 Å². The minimum absolute atomic E-state index is 0.000426. The molecule has 0 aliphatic carbocycles. The molecule has 2 aromatic rings. The fraction of sp³-hybridized carbons (Fsp3) is 0.480. The van der Waals surface area contributed by atoms with E-state index in [0.717, 1.165) is 25.2 Å². The van der Waals surface area contributed by atoms with E-state index in [0.29, 0.717) is 5.56 Å². The van der Waals surface area contributed by atoms with Crippen LogP contribution in [0.3, 0.4) is 0 Å². The summed E-state index contributed by atoms with van der Waals surface area (Å²) in [6, 6.07) is 9.49. The second kappa shape index (κ2) is 12.1. The van der Waals surface area contributed by atoms with E-state index in [-0.39, 0.29) is 45.1 Å². The van der Waals surface area contributed by atoms with Crippen molar-refractivity contribution < 1.29 is 17.4 Å². The first-order chi connectivity index (χ1) is 15.9. The molecule has 6 nitrogen and oxygen atoms in total. The van der Waals surface area contributed by atoms with Crippen LogP contribution in [0.2, 0.25) is 10.0 Å². The van der Waals surface area contributed by atoms with Crippen molar-refractivity contribution in [1.82, 2.24) is 4.90 Å². The van der Waals surface area contributed by atoms with E-state index in [1.165, 1.54) is 18.2 Å². The Balaban J connectivity index is 2.56. The van der Waals surface area contributed by atoms with Gasteiger partial charge in [0.1, 0.15) is 10.6 Å². The van der Waals surface area contributed by atoms with Crippen molar-refractivity contribution in [3.8, 4) is 5.75 Å². The molecule has 0 saturated carbocycles. The molecule has 0 radical (unpaired) electrons. The molecule has 1 amide bonds. The van der Waals surface area contributed by atoms with Crippen LogP contribution >= 0.6 is 23.2 Å². The lowest BCUT2D eigenvalue weighted by molar-refractivity contribution is -0.137. The van der Waals surface area contributed by atoms with E-state index in [4.69, 9.17) is 27.4 Å². The lowest BCUT2D eigenvalue weighted by Crippen LogP contribution is -2.40. The molecule has 0 aromatic heterocycles. The van der Waals surface area contributed by atoms with Gasteiger partial charge in [0.2, 0.25) is 5.91 Å². The van der Waals surface area contributed by atoms with Crippen LogP contribution in [-0.2, 0) is 21.5 Å². The smallest absolute Gasteiger partial charge is 0.339 e. The summed E-state index contributed by atoms with van der Waals surface area (Å²) in [6.45, 7) is 13.5.